The highest BCUT2D eigenvalue weighted by atomic mass is 32.2. The first-order chi connectivity index (χ1) is 8.94. The molecule has 0 bridgehead atoms. The third kappa shape index (κ3) is 4.02. The summed E-state index contributed by atoms with van der Waals surface area (Å²) in [6.07, 6.45) is 0.801. The summed E-state index contributed by atoms with van der Waals surface area (Å²) in [7, 11) is -2.74. The molecule has 0 aliphatic carbocycles. The van der Waals surface area contributed by atoms with Crippen LogP contribution >= 0.6 is 0 Å². The molecule has 1 aromatic carbocycles. The first-order valence-electron chi connectivity index (χ1n) is 5.74. The highest BCUT2D eigenvalue weighted by Crippen LogP contribution is 2.11. The molecule has 0 aromatic heterocycles. The highest BCUT2D eigenvalue weighted by Gasteiger charge is 2.25. The number of carbonyl (C=O) groups is 1. The quantitative estimate of drug-likeness (QED) is 0.722. The Morgan fingerprint density at radius 3 is 2.37 bits per heavy atom. The van der Waals surface area contributed by atoms with E-state index < -0.39 is 28.6 Å². The molecule has 0 saturated heterocycles. The maximum Gasteiger partial charge on any atom is 0.326 e. The SMILES string of the molecule is CCc1ccc(S(=O)(=O)N[C@@H](CO)C(=O)OC)cc1. The summed E-state index contributed by atoms with van der Waals surface area (Å²) < 4.78 is 30.5. The number of carbonyl (C=O) groups excluding carboxylic acids is 1. The molecule has 0 aliphatic heterocycles. The molecule has 7 heteroatoms. The van der Waals surface area contributed by atoms with Crippen LogP contribution in [0.1, 0.15) is 12.5 Å². The maximum absolute atomic E-state index is 12.0. The highest BCUT2D eigenvalue weighted by molar-refractivity contribution is 7.89. The molecule has 0 spiro atoms. The Morgan fingerprint density at radius 2 is 1.95 bits per heavy atom. The molecular formula is C12H17NO5S. The summed E-state index contributed by atoms with van der Waals surface area (Å²) in [6, 6.07) is 4.99. The molecule has 2 N–H and O–H groups in total. The number of sulfonamides is 1. The molecule has 1 atom stereocenters. The molecule has 6 nitrogen and oxygen atoms in total. The first kappa shape index (κ1) is 15.6. The number of esters is 1. The van der Waals surface area contributed by atoms with Crippen molar-refractivity contribution in [3.63, 3.8) is 0 Å². The summed E-state index contributed by atoms with van der Waals surface area (Å²) in [5.41, 5.74) is 1.01. The summed E-state index contributed by atoms with van der Waals surface area (Å²) in [4.78, 5) is 11.3. The van der Waals surface area contributed by atoms with Gasteiger partial charge < -0.3 is 9.84 Å². The van der Waals surface area contributed by atoms with Crippen molar-refractivity contribution in [2.45, 2.75) is 24.3 Å². The standard InChI is InChI=1S/C12H17NO5S/c1-3-9-4-6-10(7-5-9)19(16,17)13-11(8-14)12(15)18-2/h4-7,11,13-14H,3,8H2,1-2H3/t11-/m0/s1. The Hall–Kier alpha value is -1.44. The monoisotopic (exact) mass is 287 g/mol. The second-order valence-corrected chi connectivity index (χ2v) is 5.59. The van der Waals surface area contributed by atoms with Gasteiger partial charge in [0.2, 0.25) is 10.0 Å². The van der Waals surface area contributed by atoms with Gasteiger partial charge in [0.25, 0.3) is 0 Å². The molecule has 19 heavy (non-hydrogen) atoms. The van der Waals surface area contributed by atoms with Crippen LogP contribution in [0, 0.1) is 0 Å². The third-order valence-corrected chi connectivity index (χ3v) is 4.10. The predicted molar refractivity (Wildman–Crippen MR) is 69.0 cm³/mol. The molecule has 1 aromatic rings. The van der Waals surface area contributed by atoms with Crippen LogP contribution < -0.4 is 4.72 Å². The number of nitrogens with one attached hydrogen (secondary N) is 1. The minimum Gasteiger partial charge on any atom is -0.468 e. The number of aryl methyl sites for hydroxylation is 1. The van der Waals surface area contributed by atoms with Gasteiger partial charge in [-0.1, -0.05) is 19.1 Å². The smallest absolute Gasteiger partial charge is 0.326 e. The van der Waals surface area contributed by atoms with Crippen LogP contribution in [0.4, 0.5) is 0 Å². The van der Waals surface area contributed by atoms with Crippen LogP contribution in [0.5, 0.6) is 0 Å². The van der Waals surface area contributed by atoms with Crippen molar-refractivity contribution in [3.8, 4) is 0 Å². The van der Waals surface area contributed by atoms with E-state index in [4.69, 9.17) is 5.11 Å². The normalized spacial score (nSPS) is 13.0. The Balaban J connectivity index is 2.93. The number of hydrogen-bond acceptors (Lipinski definition) is 5. The zero-order valence-corrected chi connectivity index (χ0v) is 11.6. The molecule has 1 rings (SSSR count). The van der Waals surface area contributed by atoms with Gasteiger partial charge in [0, 0.05) is 0 Å². The Labute approximate surface area is 112 Å². The lowest BCUT2D eigenvalue weighted by molar-refractivity contribution is -0.143. The average molecular weight is 287 g/mol. The molecule has 0 heterocycles. The number of benzene rings is 1. The van der Waals surface area contributed by atoms with Crippen molar-refractivity contribution in [1.82, 2.24) is 4.72 Å². The lowest BCUT2D eigenvalue weighted by atomic mass is 10.2. The topological polar surface area (TPSA) is 92.7 Å². The van der Waals surface area contributed by atoms with E-state index in [1.165, 1.54) is 12.1 Å². The molecular weight excluding hydrogens is 270 g/mol. The summed E-state index contributed by atoms with van der Waals surface area (Å²) in [5.74, 6) is -0.837. The van der Waals surface area contributed by atoms with Crippen LogP contribution in [0.3, 0.4) is 0 Å². The van der Waals surface area contributed by atoms with Crippen LogP contribution in [0.25, 0.3) is 0 Å². The first-order valence-corrected chi connectivity index (χ1v) is 7.23. The largest absolute Gasteiger partial charge is 0.468 e. The van der Waals surface area contributed by atoms with Gasteiger partial charge in [-0.3, -0.25) is 4.79 Å². The zero-order valence-electron chi connectivity index (χ0n) is 10.8. The summed E-state index contributed by atoms with van der Waals surface area (Å²) in [6.45, 7) is 1.29. The van der Waals surface area contributed by atoms with Crippen LogP contribution in [-0.2, 0) is 26.0 Å². The fourth-order valence-electron chi connectivity index (χ4n) is 1.46. The number of aliphatic hydroxyl groups excluding tert-OH is 1. The molecule has 0 unspecified atom stereocenters. The van der Waals surface area contributed by atoms with Gasteiger partial charge in [-0.2, -0.15) is 4.72 Å². The predicted octanol–water partition coefficient (Wildman–Crippen LogP) is 0.0612. The Bertz CT molecular complexity index is 524. The average Bonchev–Trinajstić information content (AvgIpc) is 2.44. The van der Waals surface area contributed by atoms with Gasteiger partial charge in [0.05, 0.1) is 18.6 Å². The summed E-state index contributed by atoms with van der Waals surface area (Å²) >= 11 is 0. The van der Waals surface area contributed by atoms with Crippen molar-refractivity contribution in [1.29, 1.82) is 0 Å². The number of methoxy groups -OCH3 is 1. The van der Waals surface area contributed by atoms with Crippen molar-refractivity contribution in [2.24, 2.45) is 0 Å². The minimum atomic E-state index is -3.86. The zero-order chi connectivity index (χ0) is 14.5. The Morgan fingerprint density at radius 1 is 1.37 bits per heavy atom. The van der Waals surface area contributed by atoms with Gasteiger partial charge in [-0.25, -0.2) is 8.42 Å². The lowest BCUT2D eigenvalue weighted by Gasteiger charge is -2.14. The second-order valence-electron chi connectivity index (χ2n) is 3.88. The molecule has 0 amide bonds. The van der Waals surface area contributed by atoms with E-state index in [0.29, 0.717) is 0 Å². The molecule has 0 saturated carbocycles. The number of hydrogen-bond donors (Lipinski definition) is 2. The number of rotatable bonds is 6. The van der Waals surface area contributed by atoms with E-state index >= 15 is 0 Å². The van der Waals surface area contributed by atoms with Crippen LogP contribution in [0.2, 0.25) is 0 Å². The van der Waals surface area contributed by atoms with E-state index in [2.05, 4.69) is 9.46 Å². The van der Waals surface area contributed by atoms with E-state index in [0.717, 1.165) is 19.1 Å². The van der Waals surface area contributed by atoms with Crippen molar-refractivity contribution < 1.29 is 23.1 Å². The van der Waals surface area contributed by atoms with E-state index in [9.17, 15) is 13.2 Å². The fourth-order valence-corrected chi connectivity index (χ4v) is 2.64. The van der Waals surface area contributed by atoms with Crippen LogP contribution in [-0.4, -0.2) is 39.3 Å². The third-order valence-electron chi connectivity index (χ3n) is 2.61. The van der Waals surface area contributed by atoms with E-state index in [1.54, 1.807) is 12.1 Å². The van der Waals surface area contributed by atoms with Gasteiger partial charge in [-0.05, 0) is 24.1 Å². The number of aliphatic hydroxyl groups is 1. The van der Waals surface area contributed by atoms with Crippen molar-refractivity contribution in [2.75, 3.05) is 13.7 Å². The fraction of sp³-hybridized carbons (Fsp3) is 0.417. The lowest BCUT2D eigenvalue weighted by Crippen LogP contribution is -2.43. The Kier molecular flexibility index (Phi) is 5.46. The molecule has 0 fully saturated rings. The maximum atomic E-state index is 12.0. The second kappa shape index (κ2) is 6.65. The molecule has 0 radical (unpaired) electrons. The number of ether oxygens (including phenoxy) is 1. The molecule has 0 aliphatic rings. The summed E-state index contributed by atoms with van der Waals surface area (Å²) in [5, 5.41) is 8.99. The van der Waals surface area contributed by atoms with Gasteiger partial charge in [0.15, 0.2) is 0 Å². The van der Waals surface area contributed by atoms with Gasteiger partial charge >= 0.3 is 5.97 Å². The van der Waals surface area contributed by atoms with E-state index in [-0.39, 0.29) is 4.90 Å². The van der Waals surface area contributed by atoms with E-state index in [1.807, 2.05) is 6.92 Å². The minimum absolute atomic E-state index is 0.0343. The van der Waals surface area contributed by atoms with Crippen molar-refractivity contribution >= 4 is 16.0 Å². The van der Waals surface area contributed by atoms with Gasteiger partial charge in [0.1, 0.15) is 6.04 Å². The van der Waals surface area contributed by atoms with Crippen molar-refractivity contribution in [3.05, 3.63) is 29.8 Å². The molecule has 106 valence electrons. The van der Waals surface area contributed by atoms with Crippen LogP contribution in [0.15, 0.2) is 29.2 Å². The van der Waals surface area contributed by atoms with Gasteiger partial charge in [-0.15, -0.1) is 0 Å².